The van der Waals surface area contributed by atoms with E-state index in [1.54, 1.807) is 12.1 Å². The third-order valence-corrected chi connectivity index (χ3v) is 7.09. The first-order valence-corrected chi connectivity index (χ1v) is 10.0. The maximum Gasteiger partial charge on any atom is 0.206 e. The molecular weight excluding hydrogens is 339 g/mol. The van der Waals surface area contributed by atoms with Crippen molar-refractivity contribution in [2.45, 2.75) is 34.6 Å². The number of nitrogens with one attached hydrogen (secondary N) is 1. The molecule has 1 N–H and O–H groups in total. The fraction of sp³-hybridized carbons (Fsp3) is 0.368. The molecule has 1 saturated heterocycles. The van der Waals surface area contributed by atoms with Gasteiger partial charge in [0, 0.05) is 17.6 Å². The Morgan fingerprint density at radius 1 is 1.04 bits per heavy atom. The lowest BCUT2D eigenvalue weighted by Gasteiger charge is -2.16. The molecule has 4 nitrogen and oxygen atoms in total. The lowest BCUT2D eigenvalue weighted by molar-refractivity contribution is 0.346. The Morgan fingerprint density at radius 3 is 2.48 bits per heavy atom. The number of rotatable bonds is 2. The van der Waals surface area contributed by atoms with E-state index >= 15 is 0 Å². The molecule has 0 radical (unpaired) electrons. The van der Waals surface area contributed by atoms with Crippen molar-refractivity contribution in [2.75, 3.05) is 25.5 Å². The number of halogens is 1. The first-order valence-electron chi connectivity index (χ1n) is 8.55. The van der Waals surface area contributed by atoms with Gasteiger partial charge in [-0.3, -0.25) is 0 Å². The lowest BCUT2D eigenvalue weighted by Crippen LogP contribution is -2.22. The third kappa shape index (κ3) is 2.93. The number of nitrogens with zero attached hydrogens (tertiary/aromatic N) is 1. The molecule has 2 aromatic carbocycles. The van der Waals surface area contributed by atoms with Crippen LogP contribution in [0.2, 0.25) is 0 Å². The standard InChI is InChI=1S/C19H21FN2O2S/c1-22-10-8-16-17-12-15(6-7-18(17)21-19(16)9-11-22)25(23,24)14-4-2-13(20)3-5-14/h2-7,12,16,19,21H,8-11H2,1H3/t16-,19-/m1/s1. The van der Waals surface area contributed by atoms with Gasteiger partial charge < -0.3 is 10.2 Å². The Balaban J connectivity index is 1.71. The molecule has 0 unspecified atom stereocenters. The predicted molar refractivity (Wildman–Crippen MR) is 95.2 cm³/mol. The van der Waals surface area contributed by atoms with Crippen molar-refractivity contribution < 1.29 is 12.8 Å². The van der Waals surface area contributed by atoms with Gasteiger partial charge in [0.2, 0.25) is 9.84 Å². The van der Waals surface area contributed by atoms with Gasteiger partial charge in [-0.05, 0) is 81.0 Å². The summed E-state index contributed by atoms with van der Waals surface area (Å²) >= 11 is 0. The van der Waals surface area contributed by atoms with E-state index in [4.69, 9.17) is 0 Å². The highest BCUT2D eigenvalue weighted by molar-refractivity contribution is 7.91. The van der Waals surface area contributed by atoms with Gasteiger partial charge in [0.25, 0.3) is 0 Å². The van der Waals surface area contributed by atoms with Crippen molar-refractivity contribution in [3.8, 4) is 0 Å². The van der Waals surface area contributed by atoms with E-state index in [2.05, 4.69) is 17.3 Å². The minimum absolute atomic E-state index is 0.122. The second-order valence-corrected chi connectivity index (χ2v) is 8.89. The van der Waals surface area contributed by atoms with E-state index < -0.39 is 15.7 Å². The highest BCUT2D eigenvalue weighted by atomic mass is 32.2. The van der Waals surface area contributed by atoms with E-state index in [0.717, 1.165) is 37.2 Å². The highest BCUT2D eigenvalue weighted by Gasteiger charge is 2.34. The Kier molecular flexibility index (Phi) is 4.04. The summed E-state index contributed by atoms with van der Waals surface area (Å²) in [6.45, 7) is 2.06. The first-order chi connectivity index (χ1) is 11.9. The molecule has 132 valence electrons. The van der Waals surface area contributed by atoms with Gasteiger partial charge >= 0.3 is 0 Å². The SMILES string of the molecule is CN1CC[C@@H]2c3cc(S(=O)(=O)c4ccc(F)cc4)ccc3N[C@@H]2CC1. The molecule has 2 heterocycles. The van der Waals surface area contributed by atoms with Crippen LogP contribution in [0, 0.1) is 5.82 Å². The maximum absolute atomic E-state index is 13.1. The minimum atomic E-state index is -3.64. The molecule has 0 amide bonds. The summed E-state index contributed by atoms with van der Waals surface area (Å²) in [7, 11) is -1.52. The van der Waals surface area contributed by atoms with Crippen LogP contribution < -0.4 is 5.32 Å². The molecular formula is C19H21FN2O2S. The van der Waals surface area contributed by atoms with Gasteiger partial charge in [-0.15, -0.1) is 0 Å². The quantitative estimate of drug-likeness (QED) is 0.835. The van der Waals surface area contributed by atoms with Crippen LogP contribution in [0.5, 0.6) is 0 Å². The van der Waals surface area contributed by atoms with Crippen LogP contribution >= 0.6 is 0 Å². The molecule has 0 bridgehead atoms. The van der Waals surface area contributed by atoms with Crippen LogP contribution in [0.3, 0.4) is 0 Å². The Hall–Kier alpha value is -1.92. The summed E-state index contributed by atoms with van der Waals surface area (Å²) in [5, 5.41) is 3.55. The monoisotopic (exact) mass is 360 g/mol. The van der Waals surface area contributed by atoms with Gasteiger partial charge in [-0.25, -0.2) is 12.8 Å². The molecule has 1 fully saturated rings. The normalized spacial score (nSPS) is 23.4. The topological polar surface area (TPSA) is 49.4 Å². The van der Waals surface area contributed by atoms with Gasteiger partial charge in [0.1, 0.15) is 5.82 Å². The number of fused-ring (bicyclic) bond motifs is 3. The summed E-state index contributed by atoms with van der Waals surface area (Å²) in [5.41, 5.74) is 2.13. The van der Waals surface area contributed by atoms with Crippen molar-refractivity contribution in [1.29, 1.82) is 0 Å². The average Bonchev–Trinajstić information content (AvgIpc) is 2.84. The molecule has 0 saturated carbocycles. The van der Waals surface area contributed by atoms with Gasteiger partial charge in [0.15, 0.2) is 0 Å². The Bertz CT molecular complexity index is 896. The van der Waals surface area contributed by atoms with Crippen molar-refractivity contribution in [1.82, 2.24) is 4.90 Å². The summed E-state index contributed by atoms with van der Waals surface area (Å²) in [4.78, 5) is 2.72. The number of hydrogen-bond donors (Lipinski definition) is 1. The van der Waals surface area contributed by atoms with Gasteiger partial charge in [-0.2, -0.15) is 0 Å². The van der Waals surface area contributed by atoms with Crippen LogP contribution in [0.25, 0.3) is 0 Å². The number of benzene rings is 2. The van der Waals surface area contributed by atoms with Crippen LogP contribution in [0.4, 0.5) is 10.1 Å². The van der Waals surface area contributed by atoms with E-state index in [0.29, 0.717) is 12.0 Å². The number of anilines is 1. The molecule has 2 aliphatic heterocycles. The summed E-state index contributed by atoms with van der Waals surface area (Å²) in [6, 6.07) is 10.7. The molecule has 0 aromatic heterocycles. The molecule has 2 aliphatic rings. The van der Waals surface area contributed by atoms with Crippen molar-refractivity contribution in [2.24, 2.45) is 0 Å². The zero-order valence-corrected chi connectivity index (χ0v) is 14.9. The third-order valence-electron chi connectivity index (χ3n) is 5.33. The van der Waals surface area contributed by atoms with Crippen molar-refractivity contribution >= 4 is 15.5 Å². The second-order valence-electron chi connectivity index (χ2n) is 6.94. The second kappa shape index (κ2) is 6.11. The Morgan fingerprint density at radius 2 is 1.72 bits per heavy atom. The average molecular weight is 360 g/mol. The van der Waals surface area contributed by atoms with E-state index in [1.165, 1.54) is 24.3 Å². The number of hydrogen-bond acceptors (Lipinski definition) is 4. The number of likely N-dealkylation sites (tertiary alicyclic amines) is 1. The summed E-state index contributed by atoms with van der Waals surface area (Å²) in [5.74, 6) is -0.106. The fourth-order valence-corrected chi connectivity index (χ4v) is 5.17. The van der Waals surface area contributed by atoms with Gasteiger partial charge in [0.05, 0.1) is 9.79 Å². The van der Waals surface area contributed by atoms with E-state index in [-0.39, 0.29) is 9.79 Å². The Labute approximate surface area is 147 Å². The zero-order valence-electron chi connectivity index (χ0n) is 14.1. The van der Waals surface area contributed by atoms with Crippen LogP contribution in [-0.4, -0.2) is 39.5 Å². The highest BCUT2D eigenvalue weighted by Crippen LogP contribution is 2.42. The lowest BCUT2D eigenvalue weighted by atomic mass is 9.91. The maximum atomic E-state index is 13.1. The molecule has 25 heavy (non-hydrogen) atoms. The summed E-state index contributed by atoms with van der Waals surface area (Å²) < 4.78 is 38.9. The summed E-state index contributed by atoms with van der Waals surface area (Å²) in [6.07, 6.45) is 2.07. The molecule has 0 aliphatic carbocycles. The predicted octanol–water partition coefficient (Wildman–Crippen LogP) is 3.26. The molecule has 2 aromatic rings. The first kappa shape index (κ1) is 16.5. The van der Waals surface area contributed by atoms with Crippen LogP contribution in [0.15, 0.2) is 52.3 Å². The van der Waals surface area contributed by atoms with E-state index in [9.17, 15) is 12.8 Å². The molecule has 4 rings (SSSR count). The van der Waals surface area contributed by atoms with Crippen LogP contribution in [0.1, 0.15) is 24.3 Å². The molecule has 2 atom stereocenters. The van der Waals surface area contributed by atoms with Gasteiger partial charge in [-0.1, -0.05) is 0 Å². The van der Waals surface area contributed by atoms with Crippen molar-refractivity contribution in [3.63, 3.8) is 0 Å². The molecule has 0 spiro atoms. The fourth-order valence-electron chi connectivity index (χ4n) is 3.87. The van der Waals surface area contributed by atoms with Crippen molar-refractivity contribution in [3.05, 3.63) is 53.8 Å². The number of sulfone groups is 1. The largest absolute Gasteiger partial charge is 0.381 e. The smallest absolute Gasteiger partial charge is 0.206 e. The van der Waals surface area contributed by atoms with Crippen LogP contribution in [-0.2, 0) is 9.84 Å². The minimum Gasteiger partial charge on any atom is -0.381 e. The zero-order chi connectivity index (χ0) is 17.6. The molecule has 6 heteroatoms. The van der Waals surface area contributed by atoms with E-state index in [1.807, 2.05) is 6.07 Å².